The molecule has 0 radical (unpaired) electrons. The summed E-state index contributed by atoms with van der Waals surface area (Å²) in [6, 6.07) is 12.3. The number of morpholine rings is 1. The largest absolute Gasteiger partial charge is 0.378 e. The first-order chi connectivity index (χ1) is 20.5. The number of ether oxygens (including phenoxy) is 1. The maximum atomic E-state index is 13.4. The third kappa shape index (κ3) is 5.98. The van der Waals surface area contributed by atoms with Crippen LogP contribution in [-0.4, -0.2) is 74.9 Å². The number of aromatic amines is 2. The normalized spacial score (nSPS) is 16.9. The van der Waals surface area contributed by atoms with E-state index in [-0.39, 0.29) is 11.9 Å². The number of nitrogens with zero attached hydrogens (tertiary/aromatic N) is 3. The van der Waals surface area contributed by atoms with E-state index in [9.17, 15) is 9.59 Å². The van der Waals surface area contributed by atoms with Gasteiger partial charge >= 0.3 is 0 Å². The average Bonchev–Trinajstić information content (AvgIpc) is 3.76. The lowest BCUT2D eigenvalue weighted by atomic mass is 10.0. The number of fused-ring (bicyclic) bond motifs is 2. The third-order valence-electron chi connectivity index (χ3n) is 8.19. The first-order valence-corrected chi connectivity index (χ1v) is 14.5. The van der Waals surface area contributed by atoms with E-state index in [2.05, 4.69) is 38.3 Å². The number of nitrogens with one attached hydrogen (secondary N) is 3. The zero-order valence-corrected chi connectivity index (χ0v) is 23.9. The van der Waals surface area contributed by atoms with Crippen LogP contribution in [0.25, 0.3) is 17.0 Å². The monoisotopic (exact) mass is 588 g/mol. The van der Waals surface area contributed by atoms with Crippen LogP contribution in [0.2, 0.25) is 5.02 Å². The van der Waals surface area contributed by atoms with E-state index in [4.69, 9.17) is 21.5 Å². The molecule has 1 unspecified atom stereocenters. The number of carbonyl (C=O) groups excluding carboxylic acids is 2. The molecule has 1 aliphatic heterocycles. The van der Waals surface area contributed by atoms with Gasteiger partial charge in [-0.2, -0.15) is 5.10 Å². The van der Waals surface area contributed by atoms with E-state index in [0.29, 0.717) is 43.6 Å². The van der Waals surface area contributed by atoms with Crippen LogP contribution in [0.3, 0.4) is 0 Å². The number of hydrogen-bond acceptors (Lipinski definition) is 6. The molecule has 1 saturated heterocycles. The Kier molecular flexibility index (Phi) is 8.38. The van der Waals surface area contributed by atoms with Crippen LogP contribution in [0.1, 0.15) is 50.8 Å². The lowest BCUT2D eigenvalue weighted by Crippen LogP contribution is -2.41. The van der Waals surface area contributed by atoms with E-state index in [1.165, 1.54) is 22.8 Å². The quantitative estimate of drug-likeness (QED) is 0.131. The molecule has 2 aliphatic rings. The predicted molar refractivity (Wildman–Crippen MR) is 159 cm³/mol. The van der Waals surface area contributed by atoms with E-state index >= 15 is 0 Å². The van der Waals surface area contributed by atoms with Gasteiger partial charge in [-0.05, 0) is 59.7 Å². The van der Waals surface area contributed by atoms with Crippen molar-refractivity contribution < 1.29 is 19.5 Å². The van der Waals surface area contributed by atoms with Crippen molar-refractivity contribution in [2.24, 2.45) is 0 Å². The van der Waals surface area contributed by atoms with Crippen LogP contribution in [0.5, 0.6) is 0 Å². The number of carbonyl (C=O) groups is 2. The van der Waals surface area contributed by atoms with Gasteiger partial charge in [0, 0.05) is 66.0 Å². The minimum Gasteiger partial charge on any atom is -0.378 e. The fourth-order valence-corrected chi connectivity index (χ4v) is 6.21. The van der Waals surface area contributed by atoms with Crippen molar-refractivity contribution in [1.82, 2.24) is 30.5 Å². The Bertz CT molecular complexity index is 1620. The zero-order chi connectivity index (χ0) is 29.1. The van der Waals surface area contributed by atoms with Crippen molar-refractivity contribution in [3.63, 3.8) is 0 Å². The molecule has 0 bridgehead atoms. The molecule has 218 valence electrons. The Morgan fingerprint density at radius 3 is 2.88 bits per heavy atom. The van der Waals surface area contributed by atoms with Crippen molar-refractivity contribution >= 4 is 40.4 Å². The lowest BCUT2D eigenvalue weighted by molar-refractivity contribution is -0.124. The predicted octanol–water partition coefficient (Wildman–Crippen LogP) is 4.27. The molecule has 2 aromatic heterocycles. The molecule has 6 rings (SSSR count). The number of rotatable bonds is 9. The smallest absolute Gasteiger partial charge is 0.272 e. The minimum absolute atomic E-state index is 0.0468. The molecule has 2 aromatic carbocycles. The molecule has 1 aliphatic carbocycles. The number of amides is 2. The minimum atomic E-state index is -0.568. The molecule has 4 N–H and O–H groups in total. The van der Waals surface area contributed by atoms with Crippen LogP contribution in [0, 0.1) is 0 Å². The Morgan fingerprint density at radius 1 is 1.19 bits per heavy atom. The molecule has 11 heteroatoms. The summed E-state index contributed by atoms with van der Waals surface area (Å²) in [5, 5.41) is 17.9. The zero-order valence-electron chi connectivity index (χ0n) is 23.1. The molecule has 0 spiro atoms. The van der Waals surface area contributed by atoms with E-state index in [1.807, 2.05) is 29.3 Å². The second-order valence-electron chi connectivity index (χ2n) is 10.7. The number of hydrogen-bond donors (Lipinski definition) is 4. The molecule has 1 atom stereocenters. The topological polar surface area (TPSA) is 127 Å². The summed E-state index contributed by atoms with van der Waals surface area (Å²) in [7, 11) is 0. The highest BCUT2D eigenvalue weighted by Gasteiger charge is 2.30. The lowest BCUT2D eigenvalue weighted by Gasteiger charge is -2.30. The van der Waals surface area contributed by atoms with E-state index < -0.39 is 5.91 Å². The number of H-pyrrole nitrogens is 2. The first kappa shape index (κ1) is 28.2. The fourth-order valence-electron chi connectivity index (χ4n) is 6.04. The van der Waals surface area contributed by atoms with Crippen LogP contribution in [0.15, 0.2) is 54.9 Å². The van der Waals surface area contributed by atoms with Gasteiger partial charge in [0.15, 0.2) is 0 Å². The molecule has 3 heterocycles. The summed E-state index contributed by atoms with van der Waals surface area (Å²) >= 11 is 6.21. The number of aromatic nitrogens is 3. The van der Waals surface area contributed by atoms with Crippen LogP contribution < -0.4 is 5.48 Å². The van der Waals surface area contributed by atoms with Gasteiger partial charge in [-0.1, -0.05) is 35.9 Å². The summed E-state index contributed by atoms with van der Waals surface area (Å²) in [6.45, 7) is 3.55. The van der Waals surface area contributed by atoms with Crippen LogP contribution in [0.4, 0.5) is 0 Å². The highest BCUT2D eigenvalue weighted by atomic mass is 35.5. The molecule has 1 fully saturated rings. The summed E-state index contributed by atoms with van der Waals surface area (Å²) < 4.78 is 5.44. The van der Waals surface area contributed by atoms with Gasteiger partial charge in [0.05, 0.1) is 19.4 Å². The van der Waals surface area contributed by atoms with E-state index in [1.54, 1.807) is 17.8 Å². The van der Waals surface area contributed by atoms with Gasteiger partial charge < -0.3 is 14.6 Å². The van der Waals surface area contributed by atoms with Gasteiger partial charge in [0.1, 0.15) is 5.69 Å². The Labute approximate surface area is 248 Å². The van der Waals surface area contributed by atoms with Gasteiger partial charge in [-0.15, -0.1) is 0 Å². The van der Waals surface area contributed by atoms with Crippen molar-refractivity contribution in [3.05, 3.63) is 93.4 Å². The first-order valence-electron chi connectivity index (χ1n) is 14.1. The average molecular weight is 589 g/mol. The van der Waals surface area contributed by atoms with Crippen molar-refractivity contribution in [1.29, 1.82) is 0 Å². The maximum Gasteiger partial charge on any atom is 0.272 e. The van der Waals surface area contributed by atoms with Crippen molar-refractivity contribution in [2.75, 3.05) is 32.8 Å². The molecule has 2 amide bonds. The Balaban J connectivity index is 1.27. The highest BCUT2D eigenvalue weighted by molar-refractivity contribution is 6.31. The molecule has 0 saturated carbocycles. The number of hydroxylamine groups is 1. The number of halogens is 1. The van der Waals surface area contributed by atoms with Gasteiger partial charge in [0.2, 0.25) is 0 Å². The standard InChI is InChI=1S/C31H33ClN6O4/c32-24-4-6-25-22(17-33-27(25)16-24)9-10-38(19-23-18-34-35-30(23)31(40)37-11-13-42-14-12-37)28-7-3-21-15-20(1-5-26(21)28)2-8-29(39)36-41/h1-2,4-6,8,15-18,28,33,41H,3,7,9-14,19H2,(H,34,35)(H,36,39). The van der Waals surface area contributed by atoms with Gasteiger partial charge in [-0.25, -0.2) is 5.48 Å². The molecule has 42 heavy (non-hydrogen) atoms. The van der Waals surface area contributed by atoms with Crippen molar-refractivity contribution in [2.45, 2.75) is 31.8 Å². The maximum absolute atomic E-state index is 13.4. The van der Waals surface area contributed by atoms with Gasteiger partial charge in [0.25, 0.3) is 11.8 Å². The van der Waals surface area contributed by atoms with Crippen molar-refractivity contribution in [3.8, 4) is 0 Å². The van der Waals surface area contributed by atoms with E-state index in [0.717, 1.165) is 47.8 Å². The summed E-state index contributed by atoms with van der Waals surface area (Å²) in [6.07, 6.45) is 9.47. The molecule has 10 nitrogen and oxygen atoms in total. The molecular formula is C31H33ClN6O4. The summed E-state index contributed by atoms with van der Waals surface area (Å²) in [5.74, 6) is -0.615. The summed E-state index contributed by atoms with van der Waals surface area (Å²) in [5.41, 5.74) is 8.63. The second-order valence-corrected chi connectivity index (χ2v) is 11.2. The van der Waals surface area contributed by atoms with Gasteiger partial charge in [-0.3, -0.25) is 24.8 Å². The fraction of sp³-hybridized carbons (Fsp3) is 0.323. The second kappa shape index (κ2) is 12.5. The van der Waals surface area contributed by atoms with Crippen LogP contribution >= 0.6 is 11.6 Å². The third-order valence-corrected chi connectivity index (χ3v) is 8.43. The number of benzene rings is 2. The Morgan fingerprint density at radius 2 is 2.05 bits per heavy atom. The SMILES string of the molecule is O=C(C=Cc1ccc2c(c1)CCC2N(CCc1c[nH]c2cc(Cl)ccc12)Cc1cn[nH]c1C(=O)N1CCOCC1)NO. The molecule has 4 aromatic rings. The Hall–Kier alpha value is -3.96. The number of aryl methyl sites for hydroxylation is 1. The summed E-state index contributed by atoms with van der Waals surface area (Å²) in [4.78, 5) is 32.4. The molecular weight excluding hydrogens is 556 g/mol. The van der Waals surface area contributed by atoms with Crippen LogP contribution in [-0.2, 0) is 28.9 Å². The highest BCUT2D eigenvalue weighted by Crippen LogP contribution is 2.38.